The van der Waals surface area contributed by atoms with Gasteiger partial charge in [-0.3, -0.25) is 9.59 Å². The Labute approximate surface area is 194 Å². The van der Waals surface area contributed by atoms with Gasteiger partial charge in [-0.05, 0) is 100 Å². The van der Waals surface area contributed by atoms with Gasteiger partial charge in [0.15, 0.2) is 0 Å². The van der Waals surface area contributed by atoms with Gasteiger partial charge in [0.25, 0.3) is 0 Å². The lowest BCUT2D eigenvalue weighted by Crippen LogP contribution is -2.46. The second-order valence-electron chi connectivity index (χ2n) is 11.8. The van der Waals surface area contributed by atoms with E-state index in [0.717, 1.165) is 50.5 Å². The van der Waals surface area contributed by atoms with Gasteiger partial charge in [0.1, 0.15) is 0 Å². The molecule has 0 spiro atoms. The van der Waals surface area contributed by atoms with Crippen molar-refractivity contribution < 1.29 is 14.3 Å². The zero-order chi connectivity index (χ0) is 21.9. The first-order valence-electron chi connectivity index (χ1n) is 13.8. The summed E-state index contributed by atoms with van der Waals surface area (Å²) < 4.78 is 5.76. The van der Waals surface area contributed by atoms with Crippen LogP contribution in [0.5, 0.6) is 0 Å². The molecule has 0 aromatic heterocycles. The first-order valence-corrected chi connectivity index (χ1v) is 13.8. The summed E-state index contributed by atoms with van der Waals surface area (Å²) in [4.78, 5) is 25.7. The molecule has 0 bridgehead atoms. The number of amides is 1. The fourth-order valence-electron chi connectivity index (χ4n) is 7.50. The van der Waals surface area contributed by atoms with Crippen LogP contribution in [0.4, 0.5) is 0 Å². The maximum Gasteiger partial charge on any atom is 0.308 e. The second-order valence-corrected chi connectivity index (χ2v) is 11.8. The van der Waals surface area contributed by atoms with Crippen LogP contribution in [0, 0.1) is 41.4 Å². The van der Waals surface area contributed by atoms with Crippen molar-refractivity contribution in [3.8, 4) is 0 Å². The maximum absolute atomic E-state index is 13.0. The van der Waals surface area contributed by atoms with Crippen molar-refractivity contribution in [3.05, 3.63) is 0 Å². The molecule has 0 radical (unpaired) electrons. The molecule has 1 saturated heterocycles. The van der Waals surface area contributed by atoms with E-state index >= 15 is 0 Å². The first-order chi connectivity index (χ1) is 15.7. The average molecular weight is 445 g/mol. The predicted octanol–water partition coefficient (Wildman–Crippen LogP) is 4.45. The zero-order valence-electron chi connectivity index (χ0n) is 19.9. The van der Waals surface area contributed by atoms with Crippen LogP contribution in [0.3, 0.4) is 0 Å². The summed E-state index contributed by atoms with van der Waals surface area (Å²) in [6.07, 6.45) is 16.4. The number of piperidine rings is 1. The predicted molar refractivity (Wildman–Crippen MR) is 125 cm³/mol. The van der Waals surface area contributed by atoms with Crippen molar-refractivity contribution in [1.82, 2.24) is 10.6 Å². The van der Waals surface area contributed by atoms with Gasteiger partial charge in [-0.2, -0.15) is 0 Å². The molecular weight excluding hydrogens is 400 g/mol. The SMILES string of the molecule is O=C(OCC1CCCCC1)C1CCCC(C2CC2C(=O)NC2CCC3CNCCC3C2)C1. The molecule has 5 nitrogen and oxygen atoms in total. The fourth-order valence-corrected chi connectivity index (χ4v) is 7.50. The van der Waals surface area contributed by atoms with Crippen LogP contribution in [0.2, 0.25) is 0 Å². The molecule has 1 amide bonds. The molecule has 32 heavy (non-hydrogen) atoms. The van der Waals surface area contributed by atoms with Crippen molar-refractivity contribution in [1.29, 1.82) is 0 Å². The summed E-state index contributed by atoms with van der Waals surface area (Å²) in [5.74, 6) is 3.84. The molecule has 0 aromatic carbocycles. The third-order valence-electron chi connectivity index (χ3n) is 9.60. The normalized spacial score (nSPS) is 40.2. The Morgan fingerprint density at radius 1 is 0.812 bits per heavy atom. The molecule has 5 heteroatoms. The van der Waals surface area contributed by atoms with E-state index in [1.807, 2.05) is 0 Å². The summed E-state index contributed by atoms with van der Waals surface area (Å²) in [7, 11) is 0. The molecule has 1 aliphatic heterocycles. The standard InChI is InChI=1S/C27H44N2O3/c30-26(29-23-10-9-22-16-28-12-11-19(22)14-23)25-15-24(25)20-7-4-8-21(13-20)27(31)32-17-18-5-2-1-3-6-18/h18-25,28H,1-17H2,(H,29,30). The number of ether oxygens (including phenoxy) is 1. The molecule has 2 N–H and O–H groups in total. The zero-order valence-corrected chi connectivity index (χ0v) is 19.9. The summed E-state index contributed by atoms with van der Waals surface area (Å²) in [6.45, 7) is 2.94. The van der Waals surface area contributed by atoms with Gasteiger partial charge in [0.05, 0.1) is 12.5 Å². The van der Waals surface area contributed by atoms with Crippen molar-refractivity contribution in [3.63, 3.8) is 0 Å². The van der Waals surface area contributed by atoms with Crippen molar-refractivity contribution in [2.24, 2.45) is 41.4 Å². The van der Waals surface area contributed by atoms with Crippen LogP contribution in [-0.4, -0.2) is 37.6 Å². The lowest BCUT2D eigenvalue weighted by Gasteiger charge is -2.39. The molecule has 5 aliphatic rings. The Morgan fingerprint density at radius 3 is 2.56 bits per heavy atom. The highest BCUT2D eigenvalue weighted by atomic mass is 16.5. The number of nitrogens with one attached hydrogen (secondary N) is 2. The maximum atomic E-state index is 13.0. The van der Waals surface area contributed by atoms with Crippen LogP contribution in [0.1, 0.15) is 89.9 Å². The van der Waals surface area contributed by atoms with E-state index in [1.165, 1.54) is 64.3 Å². The molecule has 4 saturated carbocycles. The van der Waals surface area contributed by atoms with Crippen LogP contribution in [0.25, 0.3) is 0 Å². The van der Waals surface area contributed by atoms with Crippen molar-refractivity contribution in [2.75, 3.05) is 19.7 Å². The Kier molecular flexibility index (Phi) is 7.40. The van der Waals surface area contributed by atoms with Gasteiger partial charge >= 0.3 is 5.97 Å². The number of hydrogen-bond donors (Lipinski definition) is 2. The molecule has 0 aromatic rings. The quantitative estimate of drug-likeness (QED) is 0.594. The summed E-state index contributed by atoms with van der Waals surface area (Å²) in [5, 5.41) is 6.95. The number of esters is 1. The highest BCUT2D eigenvalue weighted by molar-refractivity contribution is 5.82. The van der Waals surface area contributed by atoms with E-state index < -0.39 is 0 Å². The number of fused-ring (bicyclic) bond motifs is 1. The topological polar surface area (TPSA) is 67.4 Å². The van der Waals surface area contributed by atoms with Crippen LogP contribution in [-0.2, 0) is 14.3 Å². The first kappa shape index (κ1) is 22.7. The number of carbonyl (C=O) groups is 2. The Balaban J connectivity index is 1.04. The van der Waals surface area contributed by atoms with E-state index in [-0.39, 0.29) is 17.8 Å². The number of carbonyl (C=O) groups excluding carboxylic acids is 2. The minimum absolute atomic E-state index is 0.0423. The third-order valence-corrected chi connectivity index (χ3v) is 9.60. The molecule has 4 aliphatic carbocycles. The fraction of sp³-hybridized carbons (Fsp3) is 0.926. The van der Waals surface area contributed by atoms with Crippen LogP contribution < -0.4 is 10.6 Å². The van der Waals surface area contributed by atoms with Crippen LogP contribution in [0.15, 0.2) is 0 Å². The van der Waals surface area contributed by atoms with E-state index in [2.05, 4.69) is 10.6 Å². The monoisotopic (exact) mass is 444 g/mol. The van der Waals surface area contributed by atoms with Crippen molar-refractivity contribution in [2.45, 2.75) is 95.9 Å². The van der Waals surface area contributed by atoms with Crippen molar-refractivity contribution >= 4 is 11.9 Å². The van der Waals surface area contributed by atoms with Gasteiger partial charge in [-0.15, -0.1) is 0 Å². The lowest BCUT2D eigenvalue weighted by atomic mass is 9.73. The molecule has 7 unspecified atom stereocenters. The third kappa shape index (κ3) is 5.51. The van der Waals surface area contributed by atoms with Gasteiger partial charge in [0, 0.05) is 12.0 Å². The van der Waals surface area contributed by atoms with E-state index in [1.54, 1.807) is 0 Å². The molecule has 1 heterocycles. The van der Waals surface area contributed by atoms with Gasteiger partial charge in [0.2, 0.25) is 5.91 Å². The molecule has 7 atom stereocenters. The Hall–Kier alpha value is -1.10. The van der Waals surface area contributed by atoms with Gasteiger partial charge in [-0.1, -0.05) is 32.1 Å². The minimum atomic E-state index is 0.0423. The number of rotatable bonds is 6. The highest BCUT2D eigenvalue weighted by Gasteiger charge is 2.49. The largest absolute Gasteiger partial charge is 0.465 e. The van der Waals surface area contributed by atoms with E-state index in [4.69, 9.17) is 4.74 Å². The van der Waals surface area contributed by atoms with Gasteiger partial charge < -0.3 is 15.4 Å². The Bertz CT molecular complexity index is 661. The van der Waals surface area contributed by atoms with Gasteiger partial charge in [-0.25, -0.2) is 0 Å². The summed E-state index contributed by atoms with van der Waals surface area (Å²) in [5.41, 5.74) is 0. The molecule has 5 fully saturated rings. The molecule has 5 rings (SSSR count). The Morgan fingerprint density at radius 2 is 1.69 bits per heavy atom. The van der Waals surface area contributed by atoms with Crippen LogP contribution >= 0.6 is 0 Å². The highest BCUT2D eigenvalue weighted by Crippen LogP contribution is 2.51. The lowest BCUT2D eigenvalue weighted by molar-refractivity contribution is -0.152. The minimum Gasteiger partial charge on any atom is -0.465 e. The smallest absolute Gasteiger partial charge is 0.308 e. The average Bonchev–Trinajstić information content (AvgIpc) is 3.65. The van der Waals surface area contributed by atoms with E-state index in [9.17, 15) is 9.59 Å². The molecule has 180 valence electrons. The second kappa shape index (κ2) is 10.4. The summed E-state index contributed by atoms with van der Waals surface area (Å²) >= 11 is 0. The number of hydrogen-bond acceptors (Lipinski definition) is 4. The molecular formula is C27H44N2O3. The van der Waals surface area contributed by atoms with E-state index in [0.29, 0.717) is 36.3 Å². The summed E-state index contributed by atoms with van der Waals surface area (Å²) in [6, 6.07) is 0.386.